The van der Waals surface area contributed by atoms with Gasteiger partial charge >= 0.3 is 6.36 Å². The highest BCUT2D eigenvalue weighted by Gasteiger charge is 2.45. The number of nitrogen functional groups attached to an aromatic ring is 1. The van der Waals surface area contributed by atoms with Crippen molar-refractivity contribution in [2.24, 2.45) is 5.41 Å². The molecular formula is C55H69F3N10O8S. The van der Waals surface area contributed by atoms with Gasteiger partial charge in [-0.05, 0) is 73.6 Å². The second-order valence-electron chi connectivity index (χ2n) is 21.0. The van der Waals surface area contributed by atoms with Crippen molar-refractivity contribution in [2.75, 3.05) is 89.4 Å². The van der Waals surface area contributed by atoms with Crippen LogP contribution in [0.2, 0.25) is 0 Å². The zero-order chi connectivity index (χ0) is 55.0. The molecule has 5 heterocycles. The Kier molecular flexibility index (Phi) is 18.3. The van der Waals surface area contributed by atoms with Crippen molar-refractivity contribution in [2.45, 2.75) is 96.8 Å². The van der Waals surface area contributed by atoms with Crippen LogP contribution in [0.15, 0.2) is 72.5 Å². The van der Waals surface area contributed by atoms with E-state index in [4.69, 9.17) is 15.2 Å². The van der Waals surface area contributed by atoms with Crippen molar-refractivity contribution in [3.05, 3.63) is 95.0 Å². The fourth-order valence-electron chi connectivity index (χ4n) is 10.2. The number of nitrogens with two attached hydrogens (primary N) is 1. The number of rotatable bonds is 19. The molecule has 3 saturated heterocycles. The summed E-state index contributed by atoms with van der Waals surface area (Å²) in [4.78, 5) is 76.7. The summed E-state index contributed by atoms with van der Waals surface area (Å²) in [5.41, 5.74) is 12.9. The number of aryl methyl sites for hydroxylation is 1. The number of aliphatic hydroxyl groups is 1. The van der Waals surface area contributed by atoms with Crippen LogP contribution in [0.1, 0.15) is 92.6 Å². The van der Waals surface area contributed by atoms with Gasteiger partial charge in [0.1, 0.15) is 24.2 Å². The molecule has 414 valence electrons. The van der Waals surface area contributed by atoms with Crippen LogP contribution >= 0.6 is 11.3 Å². The van der Waals surface area contributed by atoms with Crippen molar-refractivity contribution in [3.63, 3.8) is 0 Å². The van der Waals surface area contributed by atoms with Gasteiger partial charge in [0.25, 0.3) is 5.91 Å². The lowest BCUT2D eigenvalue weighted by atomic mass is 9.85. The SMILES string of the molecule is Cc1ncsc1-c1ccc([C@H](C)NC(=O)[C@@H]2C[C@@H](O)CN2C(=O)[C@@H](NC(=O)CCOCCOCCN2CCN(c3ccc4c(C5CCN(C(=O)c6ccc(OC(F)(F)F)cc6N)CC5)ncnc4c3)CC2)C(C)(C)C)cc1. The third-order valence-electron chi connectivity index (χ3n) is 14.5. The number of benzene rings is 3. The minimum Gasteiger partial charge on any atom is -0.406 e. The van der Waals surface area contributed by atoms with Crippen molar-refractivity contribution in [1.82, 2.24) is 40.3 Å². The maximum Gasteiger partial charge on any atom is 0.573 e. The number of aliphatic hydroxyl groups excluding tert-OH is 1. The van der Waals surface area contributed by atoms with Gasteiger partial charge in [0.15, 0.2) is 0 Å². The Bertz CT molecular complexity index is 2850. The lowest BCUT2D eigenvalue weighted by Gasteiger charge is -2.36. The van der Waals surface area contributed by atoms with Crippen molar-refractivity contribution >= 4 is 57.2 Å². The molecule has 5 N–H and O–H groups in total. The first-order valence-corrected chi connectivity index (χ1v) is 27.0. The number of likely N-dealkylation sites (tertiary alicyclic amines) is 2. The van der Waals surface area contributed by atoms with Gasteiger partial charge in [0.05, 0.1) is 71.4 Å². The number of fused-ring (bicyclic) bond motifs is 1. The molecule has 0 spiro atoms. The van der Waals surface area contributed by atoms with Crippen molar-refractivity contribution in [3.8, 4) is 16.2 Å². The van der Waals surface area contributed by atoms with Crippen LogP contribution in [0.4, 0.5) is 24.5 Å². The highest BCUT2D eigenvalue weighted by Crippen LogP contribution is 2.35. The highest BCUT2D eigenvalue weighted by atomic mass is 32.1. The van der Waals surface area contributed by atoms with Gasteiger partial charge in [-0.2, -0.15) is 0 Å². The molecule has 3 aliphatic rings. The van der Waals surface area contributed by atoms with Gasteiger partial charge in [-0.25, -0.2) is 15.0 Å². The molecule has 77 heavy (non-hydrogen) atoms. The van der Waals surface area contributed by atoms with Gasteiger partial charge in [0.2, 0.25) is 17.7 Å². The number of halogens is 3. The maximum atomic E-state index is 14.1. The highest BCUT2D eigenvalue weighted by molar-refractivity contribution is 7.13. The standard InChI is InChI=1S/C55H69F3N10O8S/c1-34(36-6-8-38(9-7-36)49-35(2)62-33-77-49)63-51(71)46-29-40(69)31-68(46)53(73)50(54(3,4)5)64-47(70)16-24-74-26-27-75-25-23-65-19-21-66(22-20-65)39-10-12-43-45(28-39)60-32-61-48(43)37-14-17-67(18-15-37)52(72)42-13-11-41(30-44(42)59)76-55(56,57)58/h6-13,28,30,32-34,37,40,46,50,69H,14-27,29,31,59H2,1-5H3,(H,63,71)(H,64,70)/t34-,40+,46-,50+/m0/s1. The Morgan fingerprint density at radius 3 is 2.25 bits per heavy atom. The van der Waals surface area contributed by atoms with Crippen LogP contribution in [-0.2, 0) is 23.9 Å². The van der Waals surface area contributed by atoms with E-state index in [0.29, 0.717) is 45.8 Å². The number of carbonyl (C=O) groups excluding carboxylic acids is 4. The zero-order valence-corrected chi connectivity index (χ0v) is 45.0. The smallest absolute Gasteiger partial charge is 0.406 e. The van der Waals surface area contributed by atoms with E-state index >= 15 is 0 Å². The van der Waals surface area contributed by atoms with E-state index in [-0.39, 0.29) is 66.9 Å². The predicted molar refractivity (Wildman–Crippen MR) is 286 cm³/mol. The molecule has 0 aliphatic carbocycles. The molecule has 0 radical (unpaired) electrons. The molecule has 0 saturated carbocycles. The summed E-state index contributed by atoms with van der Waals surface area (Å²) in [6.07, 6.45) is -2.74. The van der Waals surface area contributed by atoms with E-state index in [1.54, 1.807) is 22.6 Å². The van der Waals surface area contributed by atoms with Crippen LogP contribution in [0.5, 0.6) is 5.75 Å². The fraction of sp³-hybridized carbons (Fsp3) is 0.509. The van der Waals surface area contributed by atoms with Gasteiger partial charge in [-0.15, -0.1) is 24.5 Å². The number of anilines is 2. The molecule has 3 fully saturated rings. The Balaban J connectivity index is 0.714. The number of aromatic nitrogens is 3. The molecule has 3 aromatic carbocycles. The van der Waals surface area contributed by atoms with E-state index < -0.39 is 41.6 Å². The summed E-state index contributed by atoms with van der Waals surface area (Å²) in [7, 11) is 0. The number of thiazole rings is 1. The second kappa shape index (κ2) is 24.9. The quantitative estimate of drug-likeness (QED) is 0.0515. The summed E-state index contributed by atoms with van der Waals surface area (Å²) < 4.78 is 53.5. The Hall–Kier alpha value is -6.46. The molecule has 0 unspecified atom stereocenters. The van der Waals surface area contributed by atoms with Gasteiger partial charge < -0.3 is 50.4 Å². The van der Waals surface area contributed by atoms with E-state index in [2.05, 4.69) is 58.3 Å². The Morgan fingerprint density at radius 2 is 1.58 bits per heavy atom. The third-order valence-corrected chi connectivity index (χ3v) is 15.5. The van der Waals surface area contributed by atoms with Crippen LogP contribution in [0.25, 0.3) is 21.3 Å². The van der Waals surface area contributed by atoms with E-state index in [9.17, 15) is 37.5 Å². The Labute approximate surface area is 450 Å². The number of amides is 4. The van der Waals surface area contributed by atoms with E-state index in [1.807, 2.05) is 64.4 Å². The first-order chi connectivity index (χ1) is 36.7. The minimum atomic E-state index is -4.86. The lowest BCUT2D eigenvalue weighted by molar-refractivity contribution is -0.274. The first-order valence-electron chi connectivity index (χ1n) is 26.1. The number of carbonyl (C=O) groups is 4. The molecule has 4 amide bonds. The zero-order valence-electron chi connectivity index (χ0n) is 44.2. The number of hydrogen-bond acceptors (Lipinski definition) is 15. The number of piperidine rings is 1. The molecule has 22 heteroatoms. The maximum absolute atomic E-state index is 14.1. The summed E-state index contributed by atoms with van der Waals surface area (Å²) in [5, 5.41) is 17.5. The number of β-amino-alcohol motifs (C(OH)–C–C–N with tert-alkyl or cyclic N) is 1. The average molecular weight is 1090 g/mol. The molecule has 2 aromatic heterocycles. The van der Waals surface area contributed by atoms with E-state index in [1.165, 1.54) is 11.0 Å². The number of hydrogen-bond donors (Lipinski definition) is 4. The van der Waals surface area contributed by atoms with E-state index in [0.717, 1.165) is 88.8 Å². The fourth-order valence-corrected chi connectivity index (χ4v) is 11.0. The molecule has 18 nitrogen and oxygen atoms in total. The number of alkyl halides is 3. The van der Waals surface area contributed by atoms with Crippen LogP contribution in [0.3, 0.4) is 0 Å². The van der Waals surface area contributed by atoms with Crippen LogP contribution < -0.4 is 26.0 Å². The molecular weight excluding hydrogens is 1020 g/mol. The minimum absolute atomic E-state index is 0.0174. The number of ether oxygens (including phenoxy) is 3. The normalized spacial score (nSPS) is 18.6. The lowest BCUT2D eigenvalue weighted by Crippen LogP contribution is -2.58. The van der Waals surface area contributed by atoms with Crippen molar-refractivity contribution in [1.29, 1.82) is 0 Å². The predicted octanol–water partition coefficient (Wildman–Crippen LogP) is 6.48. The number of nitrogens with zero attached hydrogens (tertiary/aromatic N) is 7. The molecule has 3 aliphatic heterocycles. The molecule has 4 atom stereocenters. The van der Waals surface area contributed by atoms with Gasteiger partial charge in [0, 0.05) is 93.9 Å². The second-order valence-corrected chi connectivity index (χ2v) is 21.9. The monoisotopic (exact) mass is 1090 g/mol. The molecule has 8 rings (SSSR count). The van der Waals surface area contributed by atoms with Crippen LogP contribution in [0, 0.1) is 12.3 Å². The van der Waals surface area contributed by atoms with Gasteiger partial charge in [-0.3, -0.25) is 24.1 Å². The molecule has 0 bridgehead atoms. The first kappa shape index (κ1) is 56.7. The number of piperazine rings is 1. The Morgan fingerprint density at radius 1 is 0.870 bits per heavy atom. The van der Waals surface area contributed by atoms with Crippen molar-refractivity contribution < 1.29 is 51.7 Å². The molecule has 5 aromatic rings. The topological polar surface area (TPSA) is 218 Å². The average Bonchev–Trinajstić information content (AvgIpc) is 4.04. The summed E-state index contributed by atoms with van der Waals surface area (Å²) in [5.74, 6) is -1.90. The summed E-state index contributed by atoms with van der Waals surface area (Å²) >= 11 is 1.57. The third kappa shape index (κ3) is 14.6. The largest absolute Gasteiger partial charge is 0.573 e. The summed E-state index contributed by atoms with van der Waals surface area (Å²) in [6.45, 7) is 15.7. The summed E-state index contributed by atoms with van der Waals surface area (Å²) in [6, 6.07) is 15.3. The van der Waals surface area contributed by atoms with Crippen LogP contribution in [-0.4, -0.2) is 162 Å². The van der Waals surface area contributed by atoms with Gasteiger partial charge in [-0.1, -0.05) is 45.0 Å². The number of nitrogens with one attached hydrogen (secondary N) is 2.